The van der Waals surface area contributed by atoms with Crippen molar-refractivity contribution >= 4 is 17.7 Å². The van der Waals surface area contributed by atoms with Gasteiger partial charge in [-0.3, -0.25) is 4.68 Å². The molecule has 0 saturated heterocycles. The number of rotatable bonds is 10. The van der Waals surface area contributed by atoms with Crippen molar-refractivity contribution in [2.75, 3.05) is 26.6 Å². The lowest BCUT2D eigenvalue weighted by molar-refractivity contribution is -0.142. The van der Waals surface area contributed by atoms with Crippen molar-refractivity contribution in [2.24, 2.45) is 11.8 Å². The van der Waals surface area contributed by atoms with E-state index in [0.717, 1.165) is 65.4 Å². The van der Waals surface area contributed by atoms with Gasteiger partial charge in [-0.2, -0.15) is 5.10 Å². The normalized spacial score (nSPS) is 18.1. The second kappa shape index (κ2) is 11.6. The average molecular weight is 481 g/mol. The Hall–Kier alpha value is -2.77. The van der Waals surface area contributed by atoms with E-state index in [0.29, 0.717) is 18.4 Å². The van der Waals surface area contributed by atoms with Gasteiger partial charge < -0.3 is 14.6 Å². The van der Waals surface area contributed by atoms with Crippen molar-refractivity contribution in [3.8, 4) is 28.1 Å². The number of carboxylic acid groups (broad SMARTS) is 1. The highest BCUT2D eigenvalue weighted by atomic mass is 32.2. The van der Waals surface area contributed by atoms with E-state index in [1.807, 2.05) is 18.2 Å². The molecule has 4 rings (SSSR count). The number of carbonyl (C=O) groups is 1. The lowest BCUT2D eigenvalue weighted by Crippen LogP contribution is -2.23. The summed E-state index contributed by atoms with van der Waals surface area (Å²) in [5, 5.41) is 14.9. The minimum absolute atomic E-state index is 0.210. The van der Waals surface area contributed by atoms with Crippen LogP contribution in [-0.2, 0) is 16.1 Å². The first-order valence-electron chi connectivity index (χ1n) is 11.7. The lowest BCUT2D eigenvalue weighted by Gasteiger charge is -2.28. The van der Waals surface area contributed by atoms with Crippen LogP contribution in [0.1, 0.15) is 25.7 Å². The highest BCUT2D eigenvalue weighted by Gasteiger charge is 2.26. The topological polar surface area (TPSA) is 73.6 Å². The zero-order chi connectivity index (χ0) is 23.9. The van der Waals surface area contributed by atoms with Crippen LogP contribution in [0.25, 0.3) is 22.4 Å². The molecule has 0 atom stereocenters. The zero-order valence-corrected chi connectivity index (χ0v) is 20.6. The number of aliphatic carboxylic acids is 1. The molecule has 0 amide bonds. The predicted molar refractivity (Wildman–Crippen MR) is 135 cm³/mol. The number of hydrogen-bond donors (Lipinski definition) is 1. The van der Waals surface area contributed by atoms with Crippen molar-refractivity contribution in [2.45, 2.75) is 37.3 Å². The summed E-state index contributed by atoms with van der Waals surface area (Å²) in [6, 6.07) is 18.7. The van der Waals surface area contributed by atoms with E-state index in [-0.39, 0.29) is 6.61 Å². The number of thioether (sulfide) groups is 1. The fourth-order valence-electron chi connectivity index (χ4n) is 4.78. The Kier molecular flexibility index (Phi) is 8.29. The van der Waals surface area contributed by atoms with E-state index in [2.05, 4.69) is 47.3 Å². The van der Waals surface area contributed by atoms with Gasteiger partial charge in [0, 0.05) is 17.7 Å². The summed E-state index contributed by atoms with van der Waals surface area (Å²) in [4.78, 5) is 10.7. The third-order valence-electron chi connectivity index (χ3n) is 6.50. The molecule has 1 aliphatic rings. The summed E-state index contributed by atoms with van der Waals surface area (Å²) in [5.41, 5.74) is 4.55. The minimum atomic E-state index is -0.905. The van der Waals surface area contributed by atoms with Crippen molar-refractivity contribution in [3.05, 3.63) is 54.6 Å². The Bertz CT molecular complexity index is 1090. The van der Waals surface area contributed by atoms with E-state index >= 15 is 0 Å². The molecule has 0 bridgehead atoms. The smallest absolute Gasteiger partial charge is 0.329 e. The molecule has 1 fully saturated rings. The number of benzene rings is 2. The van der Waals surface area contributed by atoms with E-state index in [1.165, 1.54) is 0 Å². The maximum atomic E-state index is 10.7. The summed E-state index contributed by atoms with van der Waals surface area (Å²) in [7, 11) is 1.69. The van der Waals surface area contributed by atoms with Crippen LogP contribution in [0, 0.1) is 11.8 Å². The van der Waals surface area contributed by atoms with Crippen LogP contribution in [0.15, 0.2) is 59.6 Å². The number of nitrogens with zero attached hydrogens (tertiary/aromatic N) is 2. The summed E-state index contributed by atoms with van der Waals surface area (Å²) in [6.07, 6.45) is 6.39. The van der Waals surface area contributed by atoms with Crippen LogP contribution >= 0.6 is 11.8 Å². The number of hydrogen-bond acceptors (Lipinski definition) is 5. The SMILES string of the molecule is COc1cccc(-c2c(SC)nn(C[C@H]3CC[C@@H](COCC(=O)O)CC3)c2-c2ccccc2)c1. The van der Waals surface area contributed by atoms with Gasteiger partial charge in [0.2, 0.25) is 0 Å². The average Bonchev–Trinajstić information content (AvgIpc) is 3.23. The molecule has 3 aromatic rings. The van der Waals surface area contributed by atoms with E-state index in [4.69, 9.17) is 19.7 Å². The van der Waals surface area contributed by atoms with E-state index < -0.39 is 5.97 Å². The van der Waals surface area contributed by atoms with Crippen LogP contribution in [0.2, 0.25) is 0 Å². The van der Waals surface area contributed by atoms with Gasteiger partial charge in [0.25, 0.3) is 0 Å². The van der Waals surface area contributed by atoms with Gasteiger partial charge in [-0.15, -0.1) is 11.8 Å². The zero-order valence-electron chi connectivity index (χ0n) is 19.8. The molecule has 1 saturated carbocycles. The van der Waals surface area contributed by atoms with Crippen molar-refractivity contribution in [1.82, 2.24) is 9.78 Å². The maximum absolute atomic E-state index is 10.7. The van der Waals surface area contributed by atoms with Crippen molar-refractivity contribution in [3.63, 3.8) is 0 Å². The molecule has 7 heteroatoms. The van der Waals surface area contributed by atoms with Crippen LogP contribution in [0.4, 0.5) is 0 Å². The summed E-state index contributed by atoms with van der Waals surface area (Å²) >= 11 is 1.67. The van der Waals surface area contributed by atoms with Gasteiger partial charge in [-0.05, 0) is 61.5 Å². The molecule has 0 spiro atoms. The van der Waals surface area contributed by atoms with Crippen molar-refractivity contribution < 1.29 is 19.4 Å². The molecule has 0 unspecified atom stereocenters. The molecule has 34 heavy (non-hydrogen) atoms. The van der Waals surface area contributed by atoms with Crippen molar-refractivity contribution in [1.29, 1.82) is 0 Å². The molecule has 1 N–H and O–H groups in total. The van der Waals surface area contributed by atoms with E-state index in [1.54, 1.807) is 18.9 Å². The maximum Gasteiger partial charge on any atom is 0.329 e. The van der Waals surface area contributed by atoms with Gasteiger partial charge in [-0.25, -0.2) is 4.79 Å². The third kappa shape index (κ3) is 5.83. The second-order valence-corrected chi connectivity index (χ2v) is 9.60. The first-order valence-corrected chi connectivity index (χ1v) is 13.0. The monoisotopic (exact) mass is 480 g/mol. The Morgan fingerprint density at radius 2 is 1.76 bits per heavy atom. The van der Waals surface area contributed by atoms with Crippen LogP contribution in [0.5, 0.6) is 5.75 Å². The fourth-order valence-corrected chi connectivity index (χ4v) is 5.38. The molecule has 0 radical (unpaired) electrons. The number of aromatic nitrogens is 2. The number of carboxylic acids is 1. The van der Waals surface area contributed by atoms with Gasteiger partial charge in [0.05, 0.1) is 19.4 Å². The van der Waals surface area contributed by atoms with Gasteiger partial charge in [0.1, 0.15) is 17.4 Å². The molecule has 6 nitrogen and oxygen atoms in total. The lowest BCUT2D eigenvalue weighted by atomic mass is 9.82. The predicted octanol–water partition coefficient (Wildman–Crippen LogP) is 5.86. The molecule has 2 aromatic carbocycles. The van der Waals surface area contributed by atoms with Crippen LogP contribution in [0.3, 0.4) is 0 Å². The van der Waals surface area contributed by atoms with Crippen LogP contribution in [-0.4, -0.2) is 47.4 Å². The Balaban J connectivity index is 1.59. The first-order chi connectivity index (χ1) is 16.6. The molecular weight excluding hydrogens is 448 g/mol. The van der Waals surface area contributed by atoms with Gasteiger partial charge in [-0.1, -0.05) is 42.5 Å². The van der Waals surface area contributed by atoms with E-state index in [9.17, 15) is 4.79 Å². The Morgan fingerprint density at radius 1 is 1.06 bits per heavy atom. The van der Waals surface area contributed by atoms with Gasteiger partial charge >= 0.3 is 5.97 Å². The molecule has 1 heterocycles. The standard InChI is InChI=1S/C27H32N2O4S/c1-32-23-10-6-9-22(15-23)25-26(21-7-4-3-5-8-21)29(28-27(25)34-2)16-19-11-13-20(14-12-19)17-33-18-24(30)31/h3-10,15,19-20H,11-14,16-18H2,1-2H3,(H,30,31)/t19-,20+. The fraction of sp³-hybridized carbons (Fsp3) is 0.407. The first kappa shape index (κ1) is 24.4. The number of ether oxygens (including phenoxy) is 2. The third-order valence-corrected chi connectivity index (χ3v) is 7.17. The molecule has 1 aromatic heterocycles. The molecule has 0 aliphatic heterocycles. The number of methoxy groups -OCH3 is 1. The summed E-state index contributed by atoms with van der Waals surface area (Å²) < 4.78 is 13.0. The summed E-state index contributed by atoms with van der Waals surface area (Å²) in [5.74, 6) is 0.902. The largest absolute Gasteiger partial charge is 0.497 e. The highest BCUT2D eigenvalue weighted by molar-refractivity contribution is 7.98. The summed E-state index contributed by atoms with van der Waals surface area (Å²) in [6.45, 7) is 1.19. The Morgan fingerprint density at radius 3 is 2.44 bits per heavy atom. The molecule has 1 aliphatic carbocycles. The Labute approximate surface area is 205 Å². The second-order valence-electron chi connectivity index (χ2n) is 8.81. The van der Waals surface area contributed by atoms with Gasteiger partial charge in [0.15, 0.2) is 0 Å². The highest BCUT2D eigenvalue weighted by Crippen LogP contribution is 2.41. The van der Waals surface area contributed by atoms with Crippen LogP contribution < -0.4 is 4.74 Å². The molecule has 180 valence electrons. The minimum Gasteiger partial charge on any atom is -0.497 e. The quantitative estimate of drug-likeness (QED) is 0.367. The molecular formula is C27H32N2O4S.